The number of aryl methyl sites for hydroxylation is 1. The second kappa shape index (κ2) is 25.9. The predicted octanol–water partition coefficient (Wildman–Crippen LogP) is 12.0. The monoisotopic (exact) mass is 1140 g/mol. The number of benzene rings is 6. The fraction of sp³-hybridized carbons (Fsp3) is 0.0678. The Hall–Kier alpha value is -8.04. The van der Waals surface area contributed by atoms with E-state index in [9.17, 15) is 39.0 Å². The molecule has 8 rings (SSSR count). The van der Waals surface area contributed by atoms with Gasteiger partial charge in [-0.1, -0.05) is 199 Å². The molecule has 0 atom stereocenters. The molecule has 0 saturated carbocycles. The van der Waals surface area contributed by atoms with Crippen molar-refractivity contribution >= 4 is 180 Å². The molecule has 2 heterocycles. The lowest BCUT2D eigenvalue weighted by atomic mass is 9.94. The van der Waals surface area contributed by atoms with E-state index in [0.29, 0.717) is 32.1 Å². The van der Waals surface area contributed by atoms with E-state index < -0.39 is 42.8 Å². The highest BCUT2D eigenvalue weighted by atomic mass is 32.2. The number of thiocarbonyl (C=S) groups is 3. The fourth-order valence-corrected chi connectivity index (χ4v) is 11.4. The molecule has 2 saturated heterocycles. The average Bonchev–Trinajstić information content (AvgIpc) is 3.85. The van der Waals surface area contributed by atoms with Gasteiger partial charge in [0, 0.05) is 17.1 Å². The maximum atomic E-state index is 13.0. The number of hydrogen-bond donors (Lipinski definition) is 4. The van der Waals surface area contributed by atoms with Gasteiger partial charge in [-0.25, -0.2) is 0 Å². The van der Waals surface area contributed by atoms with Gasteiger partial charge < -0.3 is 25.5 Å². The van der Waals surface area contributed by atoms with Gasteiger partial charge in [-0.15, -0.1) is 0 Å². The average molecular weight is 1150 g/mol. The number of allylic oxidation sites excluding steroid dienone is 1. The summed E-state index contributed by atoms with van der Waals surface area (Å²) in [6.07, 6.45) is 11.8. The van der Waals surface area contributed by atoms with Crippen LogP contribution in [0.3, 0.4) is 0 Å². The third kappa shape index (κ3) is 14.7. The van der Waals surface area contributed by atoms with E-state index >= 15 is 0 Å². The summed E-state index contributed by atoms with van der Waals surface area (Å²) in [7, 11) is 0. The first-order valence-electron chi connectivity index (χ1n) is 23.6. The van der Waals surface area contributed by atoms with Crippen LogP contribution >= 0.6 is 71.9 Å². The Morgan fingerprint density at radius 1 is 0.564 bits per heavy atom. The topological polar surface area (TPSA) is 185 Å². The Bertz CT molecular complexity index is 3410. The number of rotatable bonds is 19. The first-order chi connectivity index (χ1) is 37.5. The number of anilines is 3. The van der Waals surface area contributed by atoms with Crippen molar-refractivity contribution in [2.45, 2.75) is 6.92 Å². The van der Waals surface area contributed by atoms with Crippen LogP contribution in [0.25, 0.3) is 42.0 Å². The lowest BCUT2D eigenvalue weighted by molar-refractivity contribution is -0.140. The van der Waals surface area contributed by atoms with E-state index in [4.69, 9.17) is 41.8 Å². The van der Waals surface area contributed by atoms with Crippen LogP contribution in [-0.4, -0.2) is 93.7 Å². The predicted molar refractivity (Wildman–Crippen MR) is 326 cm³/mol. The number of aliphatic carboxylic acids is 3. The van der Waals surface area contributed by atoms with Crippen molar-refractivity contribution in [3.8, 4) is 0 Å². The van der Waals surface area contributed by atoms with E-state index in [1.54, 1.807) is 18.2 Å². The Kier molecular flexibility index (Phi) is 18.6. The second-order valence-corrected chi connectivity index (χ2v) is 22.4. The summed E-state index contributed by atoms with van der Waals surface area (Å²) >= 11 is 18.8. The number of nitrogens with one attached hydrogen (secondary N) is 1. The van der Waals surface area contributed by atoms with Gasteiger partial charge in [0.1, 0.15) is 32.6 Å². The molecule has 19 heteroatoms. The number of carboxylic acid groups (broad SMARTS) is 3. The smallest absolute Gasteiger partial charge is 0.323 e. The molecule has 0 unspecified atom stereocenters. The largest absolute Gasteiger partial charge is 0.480 e. The highest BCUT2D eigenvalue weighted by Gasteiger charge is 2.34. The SMILES string of the molecule is Cc1ccc(N(c2ccc(C=C(c3ccc(/C=C4\SC(=S)N(CC(=O)O)C4=O)cc3)c3ccc(/C=C4\SC(=S)N(CC(=O)O)C4=O)cc3)cc2)c2ccc(/C=C/c3ccc(/C=C(\C=O)SC(=S)NCC(=O)O)cc3)cc2)cc1. The van der Waals surface area contributed by atoms with Gasteiger partial charge in [0.25, 0.3) is 11.8 Å². The molecule has 13 nitrogen and oxygen atoms in total. The van der Waals surface area contributed by atoms with E-state index in [1.165, 1.54) is 0 Å². The van der Waals surface area contributed by atoms with Crippen molar-refractivity contribution < 1.29 is 44.1 Å². The maximum absolute atomic E-state index is 13.0. The van der Waals surface area contributed by atoms with Gasteiger partial charge in [-0.3, -0.25) is 38.6 Å². The van der Waals surface area contributed by atoms with Crippen molar-refractivity contribution in [1.29, 1.82) is 0 Å². The summed E-state index contributed by atoms with van der Waals surface area (Å²) < 4.78 is 0.549. The summed E-state index contributed by atoms with van der Waals surface area (Å²) in [6, 6.07) is 47.6. The number of carbonyl (C=O) groups excluding carboxylic acids is 3. The van der Waals surface area contributed by atoms with Gasteiger partial charge in [0.05, 0.1) is 14.7 Å². The number of hydrogen-bond acceptors (Lipinski definition) is 13. The number of aldehydes is 1. The van der Waals surface area contributed by atoms with E-state index in [1.807, 2.05) is 116 Å². The number of thioether (sulfide) groups is 3. The Morgan fingerprint density at radius 2 is 0.949 bits per heavy atom. The van der Waals surface area contributed by atoms with E-state index in [-0.39, 0.29) is 19.5 Å². The molecule has 0 bridgehead atoms. The molecule has 0 spiro atoms. The quantitative estimate of drug-likeness (QED) is 0.0260. The van der Waals surface area contributed by atoms with Crippen molar-refractivity contribution in [3.05, 3.63) is 210 Å². The zero-order chi connectivity index (χ0) is 55.5. The number of carboxylic acids is 3. The van der Waals surface area contributed by atoms with Crippen LogP contribution in [0.5, 0.6) is 0 Å². The molecule has 78 heavy (non-hydrogen) atoms. The van der Waals surface area contributed by atoms with Gasteiger partial charge in [-0.05, 0) is 118 Å². The molecule has 2 amide bonds. The molecule has 2 fully saturated rings. The van der Waals surface area contributed by atoms with Crippen molar-refractivity contribution in [3.63, 3.8) is 0 Å². The number of carbonyl (C=O) groups is 6. The molecule has 0 radical (unpaired) electrons. The van der Waals surface area contributed by atoms with Crippen LogP contribution in [-0.2, 0) is 28.8 Å². The molecule has 2 aliphatic rings. The molecule has 390 valence electrons. The minimum atomic E-state index is -1.16. The molecule has 0 aromatic heterocycles. The summed E-state index contributed by atoms with van der Waals surface area (Å²) in [6.45, 7) is 0.671. The second-order valence-electron chi connectivity index (χ2n) is 17.3. The minimum absolute atomic E-state index is 0.179. The number of nitrogens with zero attached hydrogens (tertiary/aromatic N) is 3. The highest BCUT2D eigenvalue weighted by molar-refractivity contribution is 8.27. The van der Waals surface area contributed by atoms with Gasteiger partial charge in [-0.2, -0.15) is 0 Å². The minimum Gasteiger partial charge on any atom is -0.480 e. The lowest BCUT2D eigenvalue weighted by Crippen LogP contribution is -2.33. The first kappa shape index (κ1) is 56.2. The van der Waals surface area contributed by atoms with Crippen LogP contribution in [0, 0.1) is 6.92 Å². The van der Waals surface area contributed by atoms with Crippen molar-refractivity contribution in [2.75, 3.05) is 24.5 Å². The highest BCUT2D eigenvalue weighted by Crippen LogP contribution is 2.38. The summed E-state index contributed by atoms with van der Waals surface area (Å²) in [4.78, 5) is 76.7. The van der Waals surface area contributed by atoms with Crippen LogP contribution in [0.15, 0.2) is 160 Å². The van der Waals surface area contributed by atoms with Crippen LogP contribution in [0.1, 0.15) is 50.1 Å². The third-order valence-electron chi connectivity index (χ3n) is 11.7. The molecule has 6 aromatic rings. The van der Waals surface area contributed by atoms with E-state index in [0.717, 1.165) is 107 Å². The van der Waals surface area contributed by atoms with Crippen LogP contribution < -0.4 is 10.2 Å². The Balaban J connectivity index is 1.06. The maximum Gasteiger partial charge on any atom is 0.323 e. The van der Waals surface area contributed by atoms with Gasteiger partial charge in [0.2, 0.25) is 0 Å². The van der Waals surface area contributed by atoms with Gasteiger partial charge >= 0.3 is 17.9 Å². The number of amides is 2. The van der Waals surface area contributed by atoms with Crippen LogP contribution in [0.2, 0.25) is 0 Å². The summed E-state index contributed by atoms with van der Waals surface area (Å²) in [5.74, 6) is -4.31. The fourth-order valence-electron chi connectivity index (χ4n) is 7.90. The Labute approximate surface area is 477 Å². The lowest BCUT2D eigenvalue weighted by Gasteiger charge is -2.26. The van der Waals surface area contributed by atoms with Crippen LogP contribution in [0.4, 0.5) is 17.1 Å². The summed E-state index contributed by atoms with van der Waals surface area (Å²) in [5, 5.41) is 30.1. The third-order valence-corrected chi connectivity index (χ3v) is 15.6. The zero-order valence-electron chi connectivity index (χ0n) is 41.1. The molecule has 6 aromatic carbocycles. The molecule has 0 aliphatic carbocycles. The zero-order valence-corrected chi connectivity index (χ0v) is 46.0. The van der Waals surface area contributed by atoms with Gasteiger partial charge in [0.15, 0.2) is 6.29 Å². The first-order valence-corrected chi connectivity index (χ1v) is 27.2. The Morgan fingerprint density at radius 3 is 1.37 bits per heavy atom. The molecular weight excluding hydrogens is 1100 g/mol. The molecular formula is C59H44N4O9S6. The van der Waals surface area contributed by atoms with Crippen molar-refractivity contribution in [1.82, 2.24) is 15.1 Å². The molecule has 2 aliphatic heterocycles. The van der Waals surface area contributed by atoms with Crippen molar-refractivity contribution in [2.24, 2.45) is 0 Å². The standard InChI is InChI=1S/C59H44N4O9S6/c1-36-2-22-45(23-3-36)63(46-24-14-38(15-25-46)5-4-37-6-8-39(9-7-37)28-48(35-64)76-57(73)60-32-52(65)66)47-26-16-40(17-27-47)29-49(43-18-10-41(11-19-43)30-50-55(71)61(33-53(67)68)58(74)77-50)44-20-12-42(13-21-44)31-51-56(72)62(34-54(69)70)59(75)78-51/h2-31,35H,32-34H2,1H3,(H,60,73)(H,65,66)(H,67,68)(H,69,70)/b5-4+,48-28+,50-30-,51-31-. The molecule has 4 N–H and O–H groups in total. The normalized spacial score (nSPS) is 14.6. The van der Waals surface area contributed by atoms with E-state index in [2.05, 4.69) is 64.8 Å². The summed E-state index contributed by atoms with van der Waals surface area (Å²) in [5.41, 5.74) is 11.6.